The van der Waals surface area contributed by atoms with Gasteiger partial charge in [-0.25, -0.2) is 9.67 Å². The van der Waals surface area contributed by atoms with Crippen LogP contribution < -0.4 is 5.73 Å². The van der Waals surface area contributed by atoms with E-state index in [1.165, 1.54) is 19.3 Å². The first-order valence-electron chi connectivity index (χ1n) is 7.03. The number of nitrogens with zero attached hydrogens (tertiary/aromatic N) is 3. The molecule has 1 saturated carbocycles. The highest BCUT2D eigenvalue weighted by Gasteiger charge is 2.44. The lowest BCUT2D eigenvalue weighted by Crippen LogP contribution is -2.56. The number of nitrogens with two attached hydrogens (primary N) is 1. The van der Waals surface area contributed by atoms with Gasteiger partial charge < -0.3 is 5.73 Å². The second-order valence-corrected chi connectivity index (χ2v) is 6.64. The van der Waals surface area contributed by atoms with Crippen LogP contribution in [0.4, 0.5) is 0 Å². The van der Waals surface area contributed by atoms with Crippen LogP contribution in [0, 0.1) is 5.41 Å². The fourth-order valence-corrected chi connectivity index (χ4v) is 3.04. The van der Waals surface area contributed by atoms with Crippen LogP contribution in [-0.4, -0.2) is 20.3 Å². The van der Waals surface area contributed by atoms with Gasteiger partial charge in [0.25, 0.3) is 0 Å². The third kappa shape index (κ3) is 2.30. The van der Waals surface area contributed by atoms with E-state index in [-0.39, 0.29) is 11.0 Å². The molecule has 1 atom stereocenters. The Hall–Kier alpha value is -0.900. The van der Waals surface area contributed by atoms with E-state index >= 15 is 0 Å². The zero-order valence-electron chi connectivity index (χ0n) is 12.1. The summed E-state index contributed by atoms with van der Waals surface area (Å²) >= 11 is 0. The first-order valence-corrected chi connectivity index (χ1v) is 7.03. The van der Waals surface area contributed by atoms with Crippen molar-refractivity contribution in [2.45, 2.75) is 71.4 Å². The van der Waals surface area contributed by atoms with Crippen molar-refractivity contribution < 1.29 is 0 Å². The van der Waals surface area contributed by atoms with Crippen molar-refractivity contribution in [3.63, 3.8) is 0 Å². The van der Waals surface area contributed by atoms with Gasteiger partial charge in [0.2, 0.25) is 0 Å². The van der Waals surface area contributed by atoms with Crippen LogP contribution in [-0.2, 0) is 6.42 Å². The molecule has 1 heterocycles. The molecule has 4 nitrogen and oxygen atoms in total. The van der Waals surface area contributed by atoms with Crippen LogP contribution in [0.1, 0.15) is 65.2 Å². The zero-order chi connectivity index (χ0) is 13.4. The van der Waals surface area contributed by atoms with Gasteiger partial charge in [-0.2, -0.15) is 5.10 Å². The quantitative estimate of drug-likeness (QED) is 0.897. The van der Waals surface area contributed by atoms with Crippen molar-refractivity contribution in [2.75, 3.05) is 0 Å². The molecule has 102 valence electrons. The molecule has 2 N–H and O–H groups in total. The van der Waals surface area contributed by atoms with Crippen molar-refractivity contribution in [2.24, 2.45) is 11.1 Å². The molecule has 0 amide bonds. The molecule has 1 aromatic rings. The smallest absolute Gasteiger partial charge is 0.138 e. The summed E-state index contributed by atoms with van der Waals surface area (Å²) in [7, 11) is 0. The molecule has 0 saturated heterocycles. The van der Waals surface area contributed by atoms with Crippen LogP contribution in [0.5, 0.6) is 0 Å². The van der Waals surface area contributed by atoms with Gasteiger partial charge in [0.1, 0.15) is 12.2 Å². The lowest BCUT2D eigenvalue weighted by molar-refractivity contribution is 0.0957. The summed E-state index contributed by atoms with van der Waals surface area (Å²) < 4.78 is 2.00. The number of rotatable bonds is 3. The monoisotopic (exact) mass is 250 g/mol. The molecule has 0 bridgehead atoms. The van der Waals surface area contributed by atoms with Gasteiger partial charge in [0.05, 0.1) is 0 Å². The lowest BCUT2D eigenvalue weighted by atomic mass is 9.62. The minimum absolute atomic E-state index is 0.148. The average molecular weight is 250 g/mol. The second-order valence-electron chi connectivity index (χ2n) is 6.64. The fourth-order valence-electron chi connectivity index (χ4n) is 3.04. The summed E-state index contributed by atoms with van der Waals surface area (Å²) in [6, 6.07) is 0.345. The summed E-state index contributed by atoms with van der Waals surface area (Å²) in [4.78, 5) is 4.41. The third-order valence-electron chi connectivity index (χ3n) is 4.63. The van der Waals surface area contributed by atoms with Crippen molar-refractivity contribution >= 4 is 0 Å². The van der Waals surface area contributed by atoms with E-state index in [2.05, 4.69) is 37.8 Å². The van der Waals surface area contributed by atoms with E-state index in [4.69, 9.17) is 5.73 Å². The lowest BCUT2D eigenvalue weighted by Gasteiger charge is -2.47. The van der Waals surface area contributed by atoms with Crippen molar-refractivity contribution in [3.05, 3.63) is 12.2 Å². The summed E-state index contributed by atoms with van der Waals surface area (Å²) in [5, 5.41) is 4.31. The van der Waals surface area contributed by atoms with Gasteiger partial charge in [-0.3, -0.25) is 0 Å². The predicted octanol–water partition coefficient (Wildman–Crippen LogP) is 2.70. The van der Waals surface area contributed by atoms with E-state index in [9.17, 15) is 0 Å². The summed E-state index contributed by atoms with van der Waals surface area (Å²) in [5.74, 6) is 1.03. The van der Waals surface area contributed by atoms with E-state index in [0.717, 1.165) is 18.7 Å². The van der Waals surface area contributed by atoms with E-state index in [1.807, 2.05) is 4.68 Å². The third-order valence-corrected chi connectivity index (χ3v) is 4.63. The Labute approximate surface area is 110 Å². The molecule has 1 fully saturated rings. The highest BCUT2D eigenvalue weighted by molar-refractivity contribution is 5.07. The normalized spacial score (nSPS) is 27.7. The maximum atomic E-state index is 6.72. The zero-order valence-corrected chi connectivity index (χ0v) is 12.1. The average Bonchev–Trinajstić information content (AvgIpc) is 2.71. The highest BCUT2D eigenvalue weighted by Crippen LogP contribution is 2.43. The minimum atomic E-state index is -0.148. The summed E-state index contributed by atoms with van der Waals surface area (Å²) in [6.45, 7) is 8.85. The van der Waals surface area contributed by atoms with Crippen LogP contribution in [0.15, 0.2) is 6.33 Å². The van der Waals surface area contributed by atoms with Gasteiger partial charge in [0.15, 0.2) is 0 Å². The first kappa shape index (κ1) is 13.5. The molecule has 4 heteroatoms. The van der Waals surface area contributed by atoms with Crippen molar-refractivity contribution in [1.82, 2.24) is 14.8 Å². The second kappa shape index (κ2) is 4.65. The maximum Gasteiger partial charge on any atom is 0.138 e. The molecule has 1 unspecified atom stereocenters. The Morgan fingerprint density at radius 2 is 2.00 bits per heavy atom. The van der Waals surface area contributed by atoms with Crippen LogP contribution >= 0.6 is 0 Å². The van der Waals surface area contributed by atoms with E-state index < -0.39 is 0 Å². The van der Waals surface area contributed by atoms with Gasteiger partial charge in [0, 0.05) is 18.0 Å². The van der Waals surface area contributed by atoms with Crippen LogP contribution in [0.25, 0.3) is 0 Å². The minimum Gasteiger partial charge on any atom is -0.324 e. The van der Waals surface area contributed by atoms with E-state index in [1.54, 1.807) is 6.33 Å². The first-order chi connectivity index (χ1) is 8.36. The SMILES string of the molecule is CC(C)n1ncnc1CC1(N)CCCCC1(C)C. The Balaban J connectivity index is 2.23. The van der Waals surface area contributed by atoms with E-state index in [0.29, 0.717) is 6.04 Å². The van der Waals surface area contributed by atoms with Gasteiger partial charge >= 0.3 is 0 Å². The van der Waals surface area contributed by atoms with Gasteiger partial charge in [-0.05, 0) is 32.1 Å². The fraction of sp³-hybridized carbons (Fsp3) is 0.857. The molecular weight excluding hydrogens is 224 g/mol. The highest BCUT2D eigenvalue weighted by atomic mass is 15.3. The molecule has 2 rings (SSSR count). The topological polar surface area (TPSA) is 56.7 Å². The Morgan fingerprint density at radius 1 is 1.33 bits per heavy atom. The molecular formula is C14H26N4. The number of aromatic nitrogens is 3. The Morgan fingerprint density at radius 3 is 2.61 bits per heavy atom. The molecule has 1 aliphatic rings. The van der Waals surface area contributed by atoms with Crippen molar-refractivity contribution in [3.8, 4) is 0 Å². The molecule has 0 radical (unpaired) electrons. The number of hydrogen-bond acceptors (Lipinski definition) is 3. The van der Waals surface area contributed by atoms with Crippen LogP contribution in [0.3, 0.4) is 0 Å². The summed E-state index contributed by atoms with van der Waals surface area (Å²) in [5.41, 5.74) is 6.75. The molecule has 0 aromatic carbocycles. The largest absolute Gasteiger partial charge is 0.324 e. The Kier molecular flexibility index (Phi) is 3.49. The standard InChI is InChI=1S/C14H26N4/c1-11(2)18-12(16-10-17-18)9-14(15)8-6-5-7-13(14,3)4/h10-11H,5-9,15H2,1-4H3. The predicted molar refractivity (Wildman–Crippen MR) is 73.3 cm³/mol. The Bertz CT molecular complexity index is 408. The number of hydrogen-bond donors (Lipinski definition) is 1. The van der Waals surface area contributed by atoms with Crippen molar-refractivity contribution in [1.29, 1.82) is 0 Å². The maximum absolute atomic E-state index is 6.72. The molecule has 0 aliphatic heterocycles. The molecule has 1 aromatic heterocycles. The molecule has 1 aliphatic carbocycles. The van der Waals surface area contributed by atoms with Gasteiger partial charge in [-0.1, -0.05) is 26.7 Å². The molecule has 18 heavy (non-hydrogen) atoms. The van der Waals surface area contributed by atoms with Gasteiger partial charge in [-0.15, -0.1) is 0 Å². The van der Waals surface area contributed by atoms with Crippen LogP contribution in [0.2, 0.25) is 0 Å². The summed E-state index contributed by atoms with van der Waals surface area (Å²) in [6.07, 6.45) is 7.30. The molecule has 0 spiro atoms.